The van der Waals surface area contributed by atoms with E-state index >= 15 is 0 Å². The van der Waals surface area contributed by atoms with Crippen molar-refractivity contribution in [1.82, 2.24) is 0 Å². The van der Waals surface area contributed by atoms with Crippen molar-refractivity contribution in [2.75, 3.05) is 12.4 Å². The van der Waals surface area contributed by atoms with Gasteiger partial charge in [0, 0.05) is 23.7 Å². The summed E-state index contributed by atoms with van der Waals surface area (Å²) in [5.74, 6) is -1.00. The van der Waals surface area contributed by atoms with Crippen LogP contribution in [0.5, 0.6) is 5.75 Å². The second-order valence-corrected chi connectivity index (χ2v) is 5.33. The molecule has 1 fully saturated rings. The summed E-state index contributed by atoms with van der Waals surface area (Å²) in [6.07, 6.45) is 3.45. The van der Waals surface area contributed by atoms with Crippen molar-refractivity contribution < 1.29 is 19.4 Å². The minimum atomic E-state index is -1.07. The standard InChI is InChI=1S/C15H20N2O4/c1-21-13-8-11(5-6-12(13)15(19)20)17-14(18)9-3-2-4-10(16)7-9/h5-6,8-10H,2-4,7,16H2,1H3,(H,17,18)(H,19,20). The number of nitrogens with one attached hydrogen (secondary N) is 1. The first-order valence-electron chi connectivity index (χ1n) is 6.99. The molecule has 2 rings (SSSR count). The number of carboxylic acid groups (broad SMARTS) is 1. The molecular weight excluding hydrogens is 272 g/mol. The number of carbonyl (C=O) groups excluding carboxylic acids is 1. The van der Waals surface area contributed by atoms with E-state index in [4.69, 9.17) is 15.6 Å². The fraction of sp³-hybridized carbons (Fsp3) is 0.467. The molecule has 1 aliphatic rings. The third-order valence-corrected chi connectivity index (χ3v) is 3.79. The molecule has 1 amide bonds. The van der Waals surface area contributed by atoms with Crippen LogP contribution < -0.4 is 15.8 Å². The number of ether oxygens (including phenoxy) is 1. The average molecular weight is 292 g/mol. The highest BCUT2D eigenvalue weighted by Crippen LogP contribution is 2.27. The lowest BCUT2D eigenvalue weighted by Crippen LogP contribution is -2.34. The van der Waals surface area contributed by atoms with Crippen LogP contribution in [0.15, 0.2) is 18.2 Å². The summed E-state index contributed by atoms with van der Waals surface area (Å²) in [5.41, 5.74) is 6.48. The highest BCUT2D eigenvalue weighted by molar-refractivity contribution is 5.95. The summed E-state index contributed by atoms with van der Waals surface area (Å²) >= 11 is 0. The lowest BCUT2D eigenvalue weighted by Gasteiger charge is -2.25. The van der Waals surface area contributed by atoms with Gasteiger partial charge in [0.2, 0.25) is 5.91 Å². The molecule has 1 aliphatic carbocycles. The van der Waals surface area contributed by atoms with Crippen LogP contribution in [-0.2, 0) is 4.79 Å². The van der Waals surface area contributed by atoms with Crippen LogP contribution in [0.4, 0.5) is 5.69 Å². The number of nitrogens with two attached hydrogens (primary N) is 1. The van der Waals surface area contributed by atoms with Gasteiger partial charge in [-0.05, 0) is 31.4 Å². The molecule has 2 atom stereocenters. The van der Waals surface area contributed by atoms with Crippen molar-refractivity contribution in [1.29, 1.82) is 0 Å². The van der Waals surface area contributed by atoms with Crippen molar-refractivity contribution in [3.8, 4) is 5.75 Å². The zero-order valence-corrected chi connectivity index (χ0v) is 12.0. The van der Waals surface area contributed by atoms with E-state index in [0.717, 1.165) is 19.3 Å². The number of anilines is 1. The van der Waals surface area contributed by atoms with Gasteiger partial charge in [-0.3, -0.25) is 4.79 Å². The van der Waals surface area contributed by atoms with Gasteiger partial charge < -0.3 is 20.9 Å². The minimum absolute atomic E-state index is 0.0650. The quantitative estimate of drug-likeness (QED) is 0.786. The summed E-state index contributed by atoms with van der Waals surface area (Å²) in [5, 5.41) is 11.8. The van der Waals surface area contributed by atoms with Crippen LogP contribution in [0.2, 0.25) is 0 Å². The maximum atomic E-state index is 12.2. The molecule has 6 heteroatoms. The van der Waals surface area contributed by atoms with Gasteiger partial charge in [0.15, 0.2) is 0 Å². The molecule has 0 bridgehead atoms. The molecule has 0 saturated heterocycles. The number of hydrogen-bond donors (Lipinski definition) is 3. The Kier molecular flexibility index (Phi) is 4.80. The van der Waals surface area contributed by atoms with Crippen LogP contribution in [0.25, 0.3) is 0 Å². The van der Waals surface area contributed by atoms with Crippen molar-refractivity contribution in [3.05, 3.63) is 23.8 Å². The maximum Gasteiger partial charge on any atom is 0.339 e. The zero-order valence-electron chi connectivity index (χ0n) is 12.0. The Morgan fingerprint density at radius 2 is 2.14 bits per heavy atom. The number of rotatable bonds is 4. The highest BCUT2D eigenvalue weighted by atomic mass is 16.5. The van der Waals surface area contributed by atoms with E-state index in [0.29, 0.717) is 12.1 Å². The van der Waals surface area contributed by atoms with Gasteiger partial charge >= 0.3 is 5.97 Å². The van der Waals surface area contributed by atoms with E-state index in [1.165, 1.54) is 19.2 Å². The average Bonchev–Trinajstić information content (AvgIpc) is 2.46. The van der Waals surface area contributed by atoms with Gasteiger partial charge in [0.25, 0.3) is 0 Å². The van der Waals surface area contributed by atoms with Crippen molar-refractivity contribution >= 4 is 17.6 Å². The molecule has 0 heterocycles. The third-order valence-electron chi connectivity index (χ3n) is 3.79. The molecule has 0 aromatic heterocycles. The number of amides is 1. The summed E-state index contributed by atoms with van der Waals surface area (Å²) in [4.78, 5) is 23.2. The van der Waals surface area contributed by atoms with E-state index < -0.39 is 5.97 Å². The molecule has 0 aliphatic heterocycles. The highest BCUT2D eigenvalue weighted by Gasteiger charge is 2.25. The van der Waals surface area contributed by atoms with Crippen LogP contribution in [0.1, 0.15) is 36.0 Å². The van der Waals surface area contributed by atoms with Gasteiger partial charge in [-0.2, -0.15) is 0 Å². The molecule has 0 spiro atoms. The van der Waals surface area contributed by atoms with Crippen LogP contribution in [0, 0.1) is 5.92 Å². The SMILES string of the molecule is COc1cc(NC(=O)C2CCCC(N)C2)ccc1C(=O)O. The van der Waals surface area contributed by atoms with Gasteiger partial charge in [-0.25, -0.2) is 4.79 Å². The predicted molar refractivity (Wildman–Crippen MR) is 78.5 cm³/mol. The first kappa shape index (κ1) is 15.3. The van der Waals surface area contributed by atoms with Gasteiger partial charge in [-0.1, -0.05) is 6.42 Å². The third kappa shape index (κ3) is 3.72. The predicted octanol–water partition coefficient (Wildman–Crippen LogP) is 1.85. The smallest absolute Gasteiger partial charge is 0.339 e. The Morgan fingerprint density at radius 1 is 1.38 bits per heavy atom. The monoisotopic (exact) mass is 292 g/mol. The summed E-state index contributed by atoms with van der Waals surface area (Å²) in [7, 11) is 1.40. The van der Waals surface area contributed by atoms with Crippen LogP contribution >= 0.6 is 0 Å². The number of methoxy groups -OCH3 is 1. The minimum Gasteiger partial charge on any atom is -0.496 e. The van der Waals surface area contributed by atoms with Crippen molar-refractivity contribution in [2.45, 2.75) is 31.7 Å². The van der Waals surface area contributed by atoms with E-state index in [-0.39, 0.29) is 29.2 Å². The first-order valence-corrected chi connectivity index (χ1v) is 6.99. The largest absolute Gasteiger partial charge is 0.496 e. The van der Waals surface area contributed by atoms with E-state index in [1.54, 1.807) is 6.07 Å². The number of aromatic carboxylic acids is 1. The Morgan fingerprint density at radius 3 is 2.76 bits per heavy atom. The van der Waals surface area contributed by atoms with Crippen molar-refractivity contribution in [3.63, 3.8) is 0 Å². The van der Waals surface area contributed by atoms with E-state index in [1.807, 2.05) is 0 Å². The van der Waals surface area contributed by atoms with Crippen LogP contribution in [-0.4, -0.2) is 30.1 Å². The summed E-state index contributed by atoms with van der Waals surface area (Å²) < 4.78 is 5.04. The zero-order chi connectivity index (χ0) is 15.4. The summed E-state index contributed by atoms with van der Waals surface area (Å²) in [6.45, 7) is 0. The van der Waals surface area contributed by atoms with Gasteiger partial charge in [0.1, 0.15) is 11.3 Å². The molecule has 1 aromatic rings. The second-order valence-electron chi connectivity index (χ2n) is 5.33. The van der Waals surface area contributed by atoms with Crippen LogP contribution in [0.3, 0.4) is 0 Å². The molecule has 1 saturated carbocycles. The molecule has 2 unspecified atom stereocenters. The fourth-order valence-corrected chi connectivity index (χ4v) is 2.66. The van der Waals surface area contributed by atoms with Gasteiger partial charge in [0.05, 0.1) is 7.11 Å². The number of carboxylic acids is 1. The molecule has 0 radical (unpaired) electrons. The van der Waals surface area contributed by atoms with Gasteiger partial charge in [-0.15, -0.1) is 0 Å². The molecule has 21 heavy (non-hydrogen) atoms. The lowest BCUT2D eigenvalue weighted by molar-refractivity contribution is -0.120. The number of benzene rings is 1. The topological polar surface area (TPSA) is 102 Å². The molecular formula is C15H20N2O4. The molecule has 4 N–H and O–H groups in total. The molecule has 1 aromatic carbocycles. The first-order chi connectivity index (χ1) is 10.0. The fourth-order valence-electron chi connectivity index (χ4n) is 2.66. The lowest BCUT2D eigenvalue weighted by atomic mass is 9.85. The number of carbonyl (C=O) groups is 2. The summed E-state index contributed by atoms with van der Waals surface area (Å²) in [6, 6.07) is 4.58. The molecule has 114 valence electrons. The normalized spacial score (nSPS) is 21.6. The Bertz CT molecular complexity index is 544. The van der Waals surface area contributed by atoms with E-state index in [2.05, 4.69) is 5.32 Å². The Labute approximate surface area is 123 Å². The van der Waals surface area contributed by atoms with E-state index in [9.17, 15) is 9.59 Å². The Balaban J connectivity index is 2.08. The number of hydrogen-bond acceptors (Lipinski definition) is 4. The maximum absolute atomic E-state index is 12.2. The molecule has 6 nitrogen and oxygen atoms in total. The second kappa shape index (κ2) is 6.58. The van der Waals surface area contributed by atoms with Crippen molar-refractivity contribution in [2.24, 2.45) is 11.7 Å². The Hall–Kier alpha value is -2.08.